The minimum absolute atomic E-state index is 0.120. The van der Waals surface area contributed by atoms with Crippen LogP contribution >= 0.6 is 23.4 Å². The van der Waals surface area contributed by atoms with Crippen molar-refractivity contribution in [3.63, 3.8) is 0 Å². The van der Waals surface area contributed by atoms with Gasteiger partial charge in [0, 0.05) is 24.0 Å². The molecule has 1 amide bonds. The monoisotopic (exact) mass is 455 g/mol. The highest BCUT2D eigenvalue weighted by molar-refractivity contribution is 7.99. The first kappa shape index (κ1) is 21.8. The molecule has 0 spiro atoms. The molecule has 0 radical (unpaired) electrons. The Bertz CT molecular complexity index is 1060. The van der Waals surface area contributed by atoms with E-state index >= 15 is 0 Å². The maximum atomic E-state index is 12.6. The molecular weight excluding hydrogens is 430 g/mol. The van der Waals surface area contributed by atoms with Crippen LogP contribution in [0.25, 0.3) is 11.4 Å². The van der Waals surface area contributed by atoms with Crippen LogP contribution in [0.1, 0.15) is 44.2 Å². The van der Waals surface area contributed by atoms with Crippen molar-refractivity contribution in [3.8, 4) is 11.4 Å². The number of amides is 1. The third kappa shape index (κ3) is 5.10. The summed E-state index contributed by atoms with van der Waals surface area (Å²) in [5.41, 5.74) is 2.61. The van der Waals surface area contributed by atoms with Crippen LogP contribution in [0, 0.1) is 12.8 Å². The van der Waals surface area contributed by atoms with Crippen molar-refractivity contribution < 1.29 is 4.79 Å². The van der Waals surface area contributed by atoms with E-state index in [9.17, 15) is 4.79 Å². The van der Waals surface area contributed by atoms with Crippen molar-refractivity contribution >= 4 is 35.0 Å². The highest BCUT2D eigenvalue weighted by Crippen LogP contribution is 2.38. The zero-order valence-electron chi connectivity index (χ0n) is 17.7. The van der Waals surface area contributed by atoms with Gasteiger partial charge in [-0.1, -0.05) is 49.2 Å². The van der Waals surface area contributed by atoms with Gasteiger partial charge in [0.15, 0.2) is 11.0 Å². The van der Waals surface area contributed by atoms with E-state index in [0.717, 1.165) is 28.5 Å². The van der Waals surface area contributed by atoms with Crippen molar-refractivity contribution in [2.75, 3.05) is 11.1 Å². The molecule has 0 unspecified atom stereocenters. The van der Waals surface area contributed by atoms with Gasteiger partial charge in [0.05, 0.1) is 16.5 Å². The molecule has 1 aliphatic carbocycles. The number of halogens is 1. The van der Waals surface area contributed by atoms with Crippen LogP contribution in [0.15, 0.2) is 47.9 Å². The predicted molar refractivity (Wildman–Crippen MR) is 125 cm³/mol. The number of thioether (sulfide) groups is 1. The molecule has 1 aromatic carbocycles. The molecule has 1 N–H and O–H groups in total. The zero-order chi connectivity index (χ0) is 21.8. The SMILES string of the molecule is Cc1ccc(NC(=O)CSc2nnc(-c3cccnc3)n2[C@H]2CCCC[C@@H]2C)c(Cl)c1. The van der Waals surface area contributed by atoms with Crippen LogP contribution in [0.4, 0.5) is 5.69 Å². The number of carbonyl (C=O) groups excluding carboxylic acids is 1. The molecule has 0 saturated heterocycles. The molecule has 1 fully saturated rings. The zero-order valence-corrected chi connectivity index (χ0v) is 19.3. The van der Waals surface area contributed by atoms with E-state index in [2.05, 4.69) is 32.0 Å². The van der Waals surface area contributed by atoms with Gasteiger partial charge in [-0.15, -0.1) is 10.2 Å². The van der Waals surface area contributed by atoms with Crippen LogP contribution in [0.5, 0.6) is 0 Å². The molecule has 2 atom stereocenters. The first-order valence-electron chi connectivity index (χ1n) is 10.6. The van der Waals surface area contributed by atoms with Crippen LogP contribution in [0.3, 0.4) is 0 Å². The summed E-state index contributed by atoms with van der Waals surface area (Å²) in [6.07, 6.45) is 8.29. The number of aryl methyl sites for hydroxylation is 1. The van der Waals surface area contributed by atoms with E-state index in [0.29, 0.717) is 22.7 Å². The van der Waals surface area contributed by atoms with Gasteiger partial charge in [0.25, 0.3) is 0 Å². The highest BCUT2D eigenvalue weighted by Gasteiger charge is 2.29. The van der Waals surface area contributed by atoms with Crippen LogP contribution in [-0.4, -0.2) is 31.4 Å². The third-order valence-corrected chi connectivity index (χ3v) is 6.97. The fraction of sp³-hybridized carbons (Fsp3) is 0.391. The maximum Gasteiger partial charge on any atom is 0.234 e. The normalized spacial score (nSPS) is 18.7. The largest absolute Gasteiger partial charge is 0.324 e. The summed E-state index contributed by atoms with van der Waals surface area (Å²) in [5.74, 6) is 1.46. The number of rotatable bonds is 6. The Labute approximate surface area is 191 Å². The van der Waals surface area contributed by atoms with Crippen LogP contribution in [-0.2, 0) is 4.79 Å². The molecule has 1 aliphatic rings. The lowest BCUT2D eigenvalue weighted by atomic mass is 9.85. The average molecular weight is 456 g/mol. The number of hydrogen-bond donors (Lipinski definition) is 1. The summed E-state index contributed by atoms with van der Waals surface area (Å²) >= 11 is 7.66. The standard InChI is InChI=1S/C23H26ClN5OS/c1-15-9-10-19(18(24)12-15)26-21(30)14-31-23-28-27-22(17-7-5-11-25-13-17)29(23)20-8-4-3-6-16(20)2/h5,7,9-13,16,20H,3-4,6,8,14H2,1-2H3,(H,26,30)/t16-,20-/m0/s1. The molecule has 4 rings (SSSR count). The Hall–Kier alpha value is -2.38. The molecule has 8 heteroatoms. The number of nitrogens with zero attached hydrogens (tertiary/aromatic N) is 4. The molecular formula is C23H26ClN5OS. The molecule has 0 bridgehead atoms. The Morgan fingerprint density at radius 2 is 2.10 bits per heavy atom. The Balaban J connectivity index is 1.55. The smallest absolute Gasteiger partial charge is 0.234 e. The van der Waals surface area contributed by atoms with Crippen molar-refractivity contribution in [1.29, 1.82) is 0 Å². The number of pyridine rings is 1. The maximum absolute atomic E-state index is 12.6. The fourth-order valence-corrected chi connectivity index (χ4v) is 5.16. The van der Waals surface area contributed by atoms with E-state index in [1.165, 1.54) is 31.0 Å². The summed E-state index contributed by atoms with van der Waals surface area (Å²) in [4.78, 5) is 16.8. The first-order valence-corrected chi connectivity index (χ1v) is 11.9. The fourth-order valence-electron chi connectivity index (χ4n) is 4.08. The predicted octanol–water partition coefficient (Wildman–Crippen LogP) is 5.78. The van der Waals surface area contributed by atoms with Gasteiger partial charge in [0.1, 0.15) is 0 Å². The van der Waals surface area contributed by atoms with Crippen LogP contribution in [0.2, 0.25) is 5.02 Å². The van der Waals surface area contributed by atoms with Crippen molar-refractivity contribution in [2.45, 2.75) is 50.7 Å². The Kier molecular flexibility index (Phi) is 6.92. The quantitative estimate of drug-likeness (QED) is 0.476. The van der Waals surface area contributed by atoms with Gasteiger partial charge < -0.3 is 5.32 Å². The van der Waals surface area contributed by atoms with E-state index in [-0.39, 0.29) is 11.7 Å². The summed E-state index contributed by atoms with van der Waals surface area (Å²) < 4.78 is 2.22. The number of hydrogen-bond acceptors (Lipinski definition) is 5. The van der Waals surface area contributed by atoms with Crippen molar-refractivity contribution in [3.05, 3.63) is 53.3 Å². The lowest BCUT2D eigenvalue weighted by molar-refractivity contribution is -0.113. The molecule has 2 heterocycles. The Morgan fingerprint density at radius 1 is 1.26 bits per heavy atom. The van der Waals surface area contributed by atoms with Crippen LogP contribution < -0.4 is 5.32 Å². The van der Waals surface area contributed by atoms with Gasteiger partial charge in [-0.25, -0.2) is 0 Å². The summed E-state index contributed by atoms with van der Waals surface area (Å²) in [7, 11) is 0. The van der Waals surface area contributed by atoms with E-state index in [1.807, 2.05) is 43.5 Å². The second-order valence-corrected chi connectivity index (χ2v) is 9.42. The number of anilines is 1. The van der Waals surface area contributed by atoms with Gasteiger partial charge in [-0.05, 0) is 55.5 Å². The second kappa shape index (κ2) is 9.83. The average Bonchev–Trinajstić information content (AvgIpc) is 3.19. The minimum Gasteiger partial charge on any atom is -0.324 e. The Morgan fingerprint density at radius 3 is 2.84 bits per heavy atom. The molecule has 6 nitrogen and oxygen atoms in total. The molecule has 31 heavy (non-hydrogen) atoms. The minimum atomic E-state index is -0.120. The number of carbonyl (C=O) groups is 1. The highest BCUT2D eigenvalue weighted by atomic mass is 35.5. The molecule has 2 aromatic heterocycles. The number of nitrogens with one attached hydrogen (secondary N) is 1. The second-order valence-electron chi connectivity index (χ2n) is 8.07. The lowest BCUT2D eigenvalue weighted by Gasteiger charge is -2.31. The van der Waals surface area contributed by atoms with E-state index in [1.54, 1.807) is 6.20 Å². The van der Waals surface area contributed by atoms with Crippen molar-refractivity contribution in [1.82, 2.24) is 19.7 Å². The topological polar surface area (TPSA) is 72.7 Å². The molecule has 162 valence electrons. The van der Waals surface area contributed by atoms with E-state index in [4.69, 9.17) is 11.6 Å². The number of aromatic nitrogens is 4. The third-order valence-electron chi connectivity index (χ3n) is 5.71. The lowest BCUT2D eigenvalue weighted by Crippen LogP contribution is -2.23. The summed E-state index contributed by atoms with van der Waals surface area (Å²) in [6.45, 7) is 4.25. The molecule has 3 aromatic rings. The molecule has 0 aliphatic heterocycles. The van der Waals surface area contributed by atoms with Crippen molar-refractivity contribution in [2.24, 2.45) is 5.92 Å². The number of benzene rings is 1. The molecule has 1 saturated carbocycles. The van der Waals surface area contributed by atoms with Gasteiger partial charge in [-0.2, -0.15) is 0 Å². The van der Waals surface area contributed by atoms with Gasteiger partial charge in [-0.3, -0.25) is 14.3 Å². The summed E-state index contributed by atoms with van der Waals surface area (Å²) in [5, 5.41) is 13.1. The summed E-state index contributed by atoms with van der Waals surface area (Å²) in [6, 6.07) is 9.82. The van der Waals surface area contributed by atoms with Gasteiger partial charge in [0.2, 0.25) is 5.91 Å². The first-order chi connectivity index (χ1) is 15.0. The van der Waals surface area contributed by atoms with E-state index < -0.39 is 0 Å². The van der Waals surface area contributed by atoms with Gasteiger partial charge >= 0.3 is 0 Å².